The molecule has 5 rings (SSSR count). The molecule has 32 heavy (non-hydrogen) atoms. The van der Waals surface area contributed by atoms with Gasteiger partial charge in [0, 0.05) is 11.6 Å². The standard InChI is InChI=1S/C28H22O4/c1-19-22(16-21-11-5-6-12-25(21)31-19)17-27-28(29)24-14-13-23(18-26(24)32-27)30-15-7-10-20-8-3-2-4-9-20/h2-14,16-19H,15H2,1H3/b10-7+,27-17-. The first kappa shape index (κ1) is 19.9. The molecular weight excluding hydrogens is 400 g/mol. The Morgan fingerprint density at radius 1 is 0.969 bits per heavy atom. The van der Waals surface area contributed by atoms with Crippen LogP contribution in [0.4, 0.5) is 0 Å². The Labute approximate surface area is 187 Å². The van der Waals surface area contributed by atoms with E-state index in [0.29, 0.717) is 29.4 Å². The van der Waals surface area contributed by atoms with E-state index in [0.717, 1.165) is 22.4 Å². The summed E-state index contributed by atoms with van der Waals surface area (Å²) in [6, 6.07) is 23.2. The van der Waals surface area contributed by atoms with Crippen molar-refractivity contribution >= 4 is 17.9 Å². The molecule has 1 atom stereocenters. The van der Waals surface area contributed by atoms with E-state index < -0.39 is 0 Å². The molecule has 4 heteroatoms. The van der Waals surface area contributed by atoms with Crippen molar-refractivity contribution in [3.05, 3.63) is 113 Å². The third-order valence-corrected chi connectivity index (χ3v) is 5.41. The first-order valence-corrected chi connectivity index (χ1v) is 10.6. The largest absolute Gasteiger partial charge is 0.489 e. The molecule has 0 aromatic heterocycles. The van der Waals surface area contributed by atoms with Crippen LogP contribution in [0.25, 0.3) is 12.2 Å². The normalized spacial score (nSPS) is 18.0. The van der Waals surface area contributed by atoms with Crippen LogP contribution in [0.15, 0.2) is 96.3 Å². The summed E-state index contributed by atoms with van der Waals surface area (Å²) >= 11 is 0. The maximum absolute atomic E-state index is 12.8. The zero-order valence-electron chi connectivity index (χ0n) is 17.7. The van der Waals surface area contributed by atoms with Crippen molar-refractivity contribution in [3.8, 4) is 17.2 Å². The summed E-state index contributed by atoms with van der Waals surface area (Å²) in [5.41, 5.74) is 3.53. The number of fused-ring (bicyclic) bond motifs is 2. The van der Waals surface area contributed by atoms with Crippen LogP contribution in [0.2, 0.25) is 0 Å². The molecule has 1 unspecified atom stereocenters. The fourth-order valence-corrected chi connectivity index (χ4v) is 3.72. The van der Waals surface area contributed by atoms with Gasteiger partial charge in [-0.2, -0.15) is 0 Å². The molecule has 0 N–H and O–H groups in total. The molecule has 0 spiro atoms. The Bertz CT molecular complexity index is 1250. The van der Waals surface area contributed by atoms with Gasteiger partial charge in [0.1, 0.15) is 30.0 Å². The zero-order valence-corrected chi connectivity index (χ0v) is 17.7. The van der Waals surface area contributed by atoms with Crippen molar-refractivity contribution in [3.63, 3.8) is 0 Å². The SMILES string of the molecule is CC1Oc2ccccc2C=C1/C=C1\Oc2cc(OC/C=C/c3ccccc3)ccc2C1=O. The monoisotopic (exact) mass is 422 g/mol. The fourth-order valence-electron chi connectivity index (χ4n) is 3.72. The van der Waals surface area contributed by atoms with Gasteiger partial charge < -0.3 is 14.2 Å². The van der Waals surface area contributed by atoms with E-state index in [9.17, 15) is 4.79 Å². The zero-order chi connectivity index (χ0) is 21.9. The Hall–Kier alpha value is -4.05. The molecule has 2 heterocycles. The first-order chi connectivity index (χ1) is 15.7. The summed E-state index contributed by atoms with van der Waals surface area (Å²) in [5.74, 6) is 2.16. The molecule has 4 nitrogen and oxygen atoms in total. The topological polar surface area (TPSA) is 44.8 Å². The number of ketones is 1. The highest BCUT2D eigenvalue weighted by Crippen LogP contribution is 2.36. The third kappa shape index (κ3) is 4.08. The molecule has 2 aliphatic rings. The lowest BCUT2D eigenvalue weighted by molar-refractivity contribution is 0.101. The van der Waals surface area contributed by atoms with Crippen LogP contribution in [0, 0.1) is 0 Å². The van der Waals surface area contributed by atoms with E-state index in [1.807, 2.05) is 79.7 Å². The van der Waals surface area contributed by atoms with Gasteiger partial charge in [0.05, 0.1) is 5.56 Å². The molecule has 158 valence electrons. The number of ether oxygens (including phenoxy) is 3. The maximum Gasteiger partial charge on any atom is 0.231 e. The molecule has 3 aromatic rings. The number of carbonyl (C=O) groups excluding carboxylic acids is 1. The van der Waals surface area contributed by atoms with Crippen LogP contribution in [-0.2, 0) is 0 Å². The van der Waals surface area contributed by atoms with E-state index in [1.165, 1.54) is 0 Å². The highest BCUT2D eigenvalue weighted by Gasteiger charge is 2.29. The quantitative estimate of drug-likeness (QED) is 0.466. The molecule has 0 fully saturated rings. The van der Waals surface area contributed by atoms with Crippen LogP contribution in [0.3, 0.4) is 0 Å². The number of Topliss-reactive ketones (excluding diaryl/α,β-unsaturated/α-hetero) is 1. The summed E-state index contributed by atoms with van der Waals surface area (Å²) in [4.78, 5) is 12.8. The van der Waals surface area contributed by atoms with Gasteiger partial charge in [-0.1, -0.05) is 54.6 Å². The lowest BCUT2D eigenvalue weighted by atomic mass is 10.0. The highest BCUT2D eigenvalue weighted by molar-refractivity contribution is 6.12. The number of hydrogen-bond donors (Lipinski definition) is 0. The Morgan fingerprint density at radius 2 is 1.78 bits per heavy atom. The van der Waals surface area contributed by atoms with Gasteiger partial charge in [-0.3, -0.25) is 4.79 Å². The second-order valence-corrected chi connectivity index (χ2v) is 7.66. The number of allylic oxidation sites excluding steroid dienone is 1. The number of para-hydroxylation sites is 1. The molecule has 3 aromatic carbocycles. The molecule has 0 amide bonds. The van der Waals surface area contributed by atoms with Crippen molar-refractivity contribution in [2.45, 2.75) is 13.0 Å². The number of benzene rings is 3. The third-order valence-electron chi connectivity index (χ3n) is 5.41. The van der Waals surface area contributed by atoms with Gasteiger partial charge in [-0.25, -0.2) is 0 Å². The van der Waals surface area contributed by atoms with Gasteiger partial charge in [-0.15, -0.1) is 0 Å². The van der Waals surface area contributed by atoms with Crippen LogP contribution >= 0.6 is 0 Å². The fraction of sp³-hybridized carbons (Fsp3) is 0.107. The summed E-state index contributed by atoms with van der Waals surface area (Å²) in [6.07, 6.45) is 7.59. The van der Waals surface area contributed by atoms with E-state index in [1.54, 1.807) is 24.3 Å². The summed E-state index contributed by atoms with van der Waals surface area (Å²) in [7, 11) is 0. The van der Waals surface area contributed by atoms with Gasteiger partial charge in [-0.05, 0) is 54.5 Å². The molecule has 0 saturated heterocycles. The minimum atomic E-state index is -0.173. The number of carbonyl (C=O) groups is 1. The van der Waals surface area contributed by atoms with Gasteiger partial charge in [0.2, 0.25) is 5.78 Å². The van der Waals surface area contributed by atoms with Crippen molar-refractivity contribution in [2.75, 3.05) is 6.61 Å². The first-order valence-electron chi connectivity index (χ1n) is 10.6. The molecule has 0 saturated carbocycles. The summed E-state index contributed by atoms with van der Waals surface area (Å²) in [6.45, 7) is 2.38. The second kappa shape index (κ2) is 8.60. The lowest BCUT2D eigenvalue weighted by Crippen LogP contribution is -2.18. The maximum atomic E-state index is 12.8. The molecule has 0 radical (unpaired) electrons. The lowest BCUT2D eigenvalue weighted by Gasteiger charge is -2.22. The van der Waals surface area contributed by atoms with E-state index in [-0.39, 0.29) is 11.9 Å². The Morgan fingerprint density at radius 3 is 2.66 bits per heavy atom. The molecule has 0 bridgehead atoms. The minimum absolute atomic E-state index is 0.137. The van der Waals surface area contributed by atoms with Gasteiger partial charge in [0.15, 0.2) is 5.76 Å². The molecule has 0 aliphatic carbocycles. The minimum Gasteiger partial charge on any atom is -0.489 e. The second-order valence-electron chi connectivity index (χ2n) is 7.66. The van der Waals surface area contributed by atoms with Crippen molar-refractivity contribution in [1.82, 2.24) is 0 Å². The predicted molar refractivity (Wildman–Crippen MR) is 125 cm³/mol. The average Bonchev–Trinajstić information content (AvgIpc) is 3.12. The van der Waals surface area contributed by atoms with Crippen molar-refractivity contribution < 1.29 is 19.0 Å². The van der Waals surface area contributed by atoms with Crippen molar-refractivity contribution in [2.24, 2.45) is 0 Å². The van der Waals surface area contributed by atoms with Gasteiger partial charge in [0.25, 0.3) is 0 Å². The van der Waals surface area contributed by atoms with Crippen LogP contribution in [0.5, 0.6) is 17.2 Å². The molecule has 2 aliphatic heterocycles. The van der Waals surface area contributed by atoms with Crippen molar-refractivity contribution in [1.29, 1.82) is 0 Å². The molecular formula is C28H22O4. The number of hydrogen-bond acceptors (Lipinski definition) is 4. The summed E-state index contributed by atoms with van der Waals surface area (Å²) in [5, 5.41) is 0. The number of rotatable bonds is 5. The summed E-state index contributed by atoms with van der Waals surface area (Å²) < 4.78 is 17.7. The average molecular weight is 422 g/mol. The Balaban J connectivity index is 1.30. The van der Waals surface area contributed by atoms with Gasteiger partial charge >= 0.3 is 0 Å². The van der Waals surface area contributed by atoms with E-state index >= 15 is 0 Å². The van der Waals surface area contributed by atoms with Crippen LogP contribution < -0.4 is 14.2 Å². The van der Waals surface area contributed by atoms with E-state index in [2.05, 4.69) is 0 Å². The van der Waals surface area contributed by atoms with E-state index in [4.69, 9.17) is 14.2 Å². The smallest absolute Gasteiger partial charge is 0.231 e. The predicted octanol–water partition coefficient (Wildman–Crippen LogP) is 6.10. The van der Waals surface area contributed by atoms with Crippen LogP contribution in [-0.4, -0.2) is 18.5 Å². The van der Waals surface area contributed by atoms with Crippen LogP contribution in [0.1, 0.15) is 28.4 Å². The Kier molecular flexibility index (Phi) is 5.34. The highest BCUT2D eigenvalue weighted by atomic mass is 16.5.